The van der Waals surface area contributed by atoms with Crippen molar-refractivity contribution < 1.29 is 4.79 Å². The monoisotopic (exact) mass is 137 g/mol. The standard InChI is InChI=1S/C8H11NO/c10-8-5-6-3-1-2-4-7(6)9-8/h1,3,6-7H,2,4-5H2,(H,9,10). The smallest absolute Gasteiger partial charge is 0.220 e. The van der Waals surface area contributed by atoms with Gasteiger partial charge in [0.05, 0.1) is 0 Å². The van der Waals surface area contributed by atoms with Gasteiger partial charge in [0.2, 0.25) is 5.91 Å². The lowest BCUT2D eigenvalue weighted by Gasteiger charge is -2.18. The number of carbonyl (C=O) groups excluding carboxylic acids is 1. The number of hydrogen-bond acceptors (Lipinski definition) is 1. The molecule has 2 unspecified atom stereocenters. The molecule has 1 heterocycles. The van der Waals surface area contributed by atoms with Crippen LogP contribution in [0.5, 0.6) is 0 Å². The summed E-state index contributed by atoms with van der Waals surface area (Å²) in [4.78, 5) is 10.9. The van der Waals surface area contributed by atoms with E-state index in [1.165, 1.54) is 0 Å². The van der Waals surface area contributed by atoms with Crippen LogP contribution < -0.4 is 5.32 Å². The molecule has 0 saturated carbocycles. The summed E-state index contributed by atoms with van der Waals surface area (Å²) in [6.45, 7) is 0. The Labute approximate surface area is 60.3 Å². The zero-order valence-corrected chi connectivity index (χ0v) is 5.84. The maximum Gasteiger partial charge on any atom is 0.220 e. The number of hydrogen-bond donors (Lipinski definition) is 1. The van der Waals surface area contributed by atoms with Crippen LogP contribution in [0.25, 0.3) is 0 Å². The lowest BCUT2D eigenvalue weighted by molar-refractivity contribution is -0.119. The van der Waals surface area contributed by atoms with Crippen LogP contribution in [0, 0.1) is 5.92 Å². The van der Waals surface area contributed by atoms with Crippen LogP contribution in [0.15, 0.2) is 12.2 Å². The Morgan fingerprint density at radius 1 is 1.60 bits per heavy atom. The summed E-state index contributed by atoms with van der Waals surface area (Å²) in [6, 6.07) is 0.456. The molecule has 1 saturated heterocycles. The Balaban J connectivity index is 2.15. The lowest BCUT2D eigenvalue weighted by atomic mass is 9.92. The van der Waals surface area contributed by atoms with Crippen molar-refractivity contribution >= 4 is 5.91 Å². The van der Waals surface area contributed by atoms with Crippen LogP contribution in [0.2, 0.25) is 0 Å². The predicted molar refractivity (Wildman–Crippen MR) is 38.4 cm³/mol. The first-order chi connectivity index (χ1) is 4.86. The van der Waals surface area contributed by atoms with Crippen molar-refractivity contribution in [3.8, 4) is 0 Å². The van der Waals surface area contributed by atoms with E-state index in [-0.39, 0.29) is 5.91 Å². The molecule has 0 aromatic heterocycles. The molecular formula is C8H11NO. The highest BCUT2D eigenvalue weighted by Gasteiger charge is 2.30. The van der Waals surface area contributed by atoms with Crippen LogP contribution in [-0.4, -0.2) is 11.9 Å². The SMILES string of the molecule is O=C1CC2C=CCCC2N1. The van der Waals surface area contributed by atoms with Crippen molar-refractivity contribution in [1.82, 2.24) is 5.32 Å². The topological polar surface area (TPSA) is 29.1 Å². The van der Waals surface area contributed by atoms with Gasteiger partial charge >= 0.3 is 0 Å². The molecular weight excluding hydrogens is 126 g/mol. The quantitative estimate of drug-likeness (QED) is 0.492. The van der Waals surface area contributed by atoms with Gasteiger partial charge in [-0.1, -0.05) is 12.2 Å². The molecule has 1 aliphatic carbocycles. The largest absolute Gasteiger partial charge is 0.353 e. The van der Waals surface area contributed by atoms with Gasteiger partial charge in [0.1, 0.15) is 0 Å². The van der Waals surface area contributed by atoms with Crippen LogP contribution in [0.3, 0.4) is 0 Å². The molecule has 0 aromatic rings. The van der Waals surface area contributed by atoms with Gasteiger partial charge in [-0.15, -0.1) is 0 Å². The Kier molecular flexibility index (Phi) is 1.26. The van der Waals surface area contributed by atoms with E-state index >= 15 is 0 Å². The molecule has 0 aromatic carbocycles. The minimum atomic E-state index is 0.224. The van der Waals surface area contributed by atoms with Crippen molar-refractivity contribution in [3.63, 3.8) is 0 Å². The van der Waals surface area contributed by atoms with E-state index in [2.05, 4.69) is 17.5 Å². The van der Waals surface area contributed by atoms with E-state index in [1.54, 1.807) is 0 Å². The number of amides is 1. The van der Waals surface area contributed by atoms with Crippen LogP contribution >= 0.6 is 0 Å². The number of allylic oxidation sites excluding steroid dienone is 1. The van der Waals surface area contributed by atoms with Gasteiger partial charge in [-0.25, -0.2) is 0 Å². The fourth-order valence-electron chi connectivity index (χ4n) is 1.76. The molecule has 2 heteroatoms. The molecule has 0 radical (unpaired) electrons. The second-order valence-electron chi connectivity index (χ2n) is 3.05. The molecule has 2 rings (SSSR count). The van der Waals surface area contributed by atoms with Crippen LogP contribution in [0.4, 0.5) is 0 Å². The fourth-order valence-corrected chi connectivity index (χ4v) is 1.76. The highest BCUT2D eigenvalue weighted by molar-refractivity contribution is 5.79. The van der Waals surface area contributed by atoms with E-state index in [1.807, 2.05) is 0 Å². The predicted octanol–water partition coefficient (Wildman–Crippen LogP) is 0.841. The summed E-state index contributed by atoms with van der Waals surface area (Å²) in [7, 11) is 0. The normalized spacial score (nSPS) is 37.4. The molecule has 1 amide bonds. The Bertz CT molecular complexity index is 186. The number of rotatable bonds is 0. The first-order valence-electron chi connectivity index (χ1n) is 3.82. The van der Waals surface area contributed by atoms with Gasteiger partial charge < -0.3 is 5.32 Å². The zero-order chi connectivity index (χ0) is 6.97. The average molecular weight is 137 g/mol. The average Bonchev–Trinajstić information content (AvgIpc) is 2.27. The number of fused-ring (bicyclic) bond motifs is 1. The van der Waals surface area contributed by atoms with E-state index in [0.29, 0.717) is 18.4 Å². The summed E-state index contributed by atoms with van der Waals surface area (Å²) in [5, 5.41) is 2.97. The van der Waals surface area contributed by atoms with Crippen LogP contribution in [-0.2, 0) is 4.79 Å². The first-order valence-corrected chi connectivity index (χ1v) is 3.82. The maximum atomic E-state index is 10.9. The van der Waals surface area contributed by atoms with Gasteiger partial charge in [0.15, 0.2) is 0 Å². The van der Waals surface area contributed by atoms with Crippen molar-refractivity contribution in [3.05, 3.63) is 12.2 Å². The molecule has 2 aliphatic rings. The van der Waals surface area contributed by atoms with E-state index in [9.17, 15) is 4.79 Å². The molecule has 10 heavy (non-hydrogen) atoms. The first kappa shape index (κ1) is 5.96. The number of nitrogens with one attached hydrogen (secondary N) is 1. The lowest BCUT2D eigenvalue weighted by Crippen LogP contribution is -2.29. The summed E-state index contributed by atoms with van der Waals surface area (Å²) in [5.74, 6) is 0.725. The zero-order valence-electron chi connectivity index (χ0n) is 5.84. The molecule has 2 nitrogen and oxygen atoms in total. The molecule has 1 N–H and O–H groups in total. The van der Waals surface area contributed by atoms with E-state index in [0.717, 1.165) is 12.8 Å². The highest BCUT2D eigenvalue weighted by atomic mass is 16.1. The summed E-state index contributed by atoms with van der Waals surface area (Å²) < 4.78 is 0. The maximum absolute atomic E-state index is 10.9. The van der Waals surface area contributed by atoms with Gasteiger partial charge in [-0.3, -0.25) is 4.79 Å². The Hall–Kier alpha value is -0.790. The minimum absolute atomic E-state index is 0.224. The van der Waals surface area contributed by atoms with Gasteiger partial charge in [-0.2, -0.15) is 0 Å². The summed E-state index contributed by atoms with van der Waals surface area (Å²) in [6.07, 6.45) is 7.32. The molecule has 1 fully saturated rings. The van der Waals surface area contributed by atoms with E-state index < -0.39 is 0 Å². The molecule has 0 spiro atoms. The summed E-state index contributed by atoms with van der Waals surface area (Å²) in [5.41, 5.74) is 0. The summed E-state index contributed by atoms with van der Waals surface area (Å²) >= 11 is 0. The second kappa shape index (κ2) is 2.11. The van der Waals surface area contributed by atoms with Crippen molar-refractivity contribution in [1.29, 1.82) is 0 Å². The van der Waals surface area contributed by atoms with Crippen molar-refractivity contribution in [2.75, 3.05) is 0 Å². The van der Waals surface area contributed by atoms with E-state index in [4.69, 9.17) is 0 Å². The third kappa shape index (κ3) is 0.838. The molecule has 0 bridgehead atoms. The van der Waals surface area contributed by atoms with Crippen molar-refractivity contribution in [2.24, 2.45) is 5.92 Å². The van der Waals surface area contributed by atoms with Crippen LogP contribution in [0.1, 0.15) is 19.3 Å². The van der Waals surface area contributed by atoms with Crippen molar-refractivity contribution in [2.45, 2.75) is 25.3 Å². The molecule has 54 valence electrons. The molecule has 2 atom stereocenters. The third-order valence-electron chi connectivity index (χ3n) is 2.31. The molecule has 1 aliphatic heterocycles. The fraction of sp³-hybridized carbons (Fsp3) is 0.625. The van der Waals surface area contributed by atoms with Gasteiger partial charge in [0.25, 0.3) is 0 Å². The van der Waals surface area contributed by atoms with Gasteiger partial charge in [0, 0.05) is 18.4 Å². The second-order valence-corrected chi connectivity index (χ2v) is 3.05. The minimum Gasteiger partial charge on any atom is -0.353 e. The Morgan fingerprint density at radius 3 is 3.30 bits per heavy atom. The highest BCUT2D eigenvalue weighted by Crippen LogP contribution is 2.25. The third-order valence-corrected chi connectivity index (χ3v) is 2.31. The van der Waals surface area contributed by atoms with Gasteiger partial charge in [-0.05, 0) is 12.8 Å². The Morgan fingerprint density at radius 2 is 2.50 bits per heavy atom. The number of carbonyl (C=O) groups is 1.